The van der Waals surface area contributed by atoms with Gasteiger partial charge in [-0.25, -0.2) is 4.98 Å². The summed E-state index contributed by atoms with van der Waals surface area (Å²) in [6, 6.07) is 7.54. The summed E-state index contributed by atoms with van der Waals surface area (Å²) in [4.78, 5) is 18.2. The summed E-state index contributed by atoms with van der Waals surface area (Å²) in [5, 5.41) is 4.08. The normalized spacial score (nSPS) is 17.8. The van der Waals surface area contributed by atoms with Crippen LogP contribution >= 0.6 is 0 Å². The molecule has 23 heavy (non-hydrogen) atoms. The Morgan fingerprint density at radius 2 is 2.09 bits per heavy atom. The molecule has 2 heterocycles. The van der Waals surface area contributed by atoms with Crippen LogP contribution in [0.2, 0.25) is 0 Å². The summed E-state index contributed by atoms with van der Waals surface area (Å²) in [6.45, 7) is 1.22. The number of carbonyl (C=O) groups excluding carboxylic acids is 1. The molecule has 0 bridgehead atoms. The van der Waals surface area contributed by atoms with Crippen molar-refractivity contribution in [2.75, 3.05) is 20.2 Å². The number of hydrogen-bond donors (Lipinski definition) is 0. The first kappa shape index (κ1) is 15.3. The van der Waals surface area contributed by atoms with Gasteiger partial charge in [0, 0.05) is 13.6 Å². The molecular formula is C16H20N4O3. The van der Waals surface area contributed by atoms with Crippen LogP contribution in [0.25, 0.3) is 0 Å². The van der Waals surface area contributed by atoms with Crippen molar-refractivity contribution in [2.24, 2.45) is 7.05 Å². The average Bonchev–Trinajstić information content (AvgIpc) is 3.01. The van der Waals surface area contributed by atoms with E-state index in [9.17, 15) is 4.79 Å². The zero-order valence-electron chi connectivity index (χ0n) is 13.3. The van der Waals surface area contributed by atoms with Crippen LogP contribution in [0, 0.1) is 0 Å². The van der Waals surface area contributed by atoms with Gasteiger partial charge in [-0.1, -0.05) is 12.1 Å². The molecule has 1 aliphatic heterocycles. The molecule has 2 aromatic rings. The van der Waals surface area contributed by atoms with Gasteiger partial charge in [-0.05, 0) is 25.0 Å². The Morgan fingerprint density at radius 3 is 2.78 bits per heavy atom. The molecule has 0 spiro atoms. The highest BCUT2D eigenvalue weighted by Gasteiger charge is 2.28. The van der Waals surface area contributed by atoms with E-state index in [2.05, 4.69) is 10.1 Å². The second kappa shape index (κ2) is 6.68. The molecule has 1 saturated heterocycles. The van der Waals surface area contributed by atoms with Gasteiger partial charge in [-0.2, -0.15) is 0 Å². The SMILES string of the molecule is COc1ccccc1OC1CCCN(C(=O)c2ncn(C)n2)C1. The Kier molecular flexibility index (Phi) is 4.45. The second-order valence-electron chi connectivity index (χ2n) is 5.53. The van der Waals surface area contributed by atoms with E-state index < -0.39 is 0 Å². The van der Waals surface area contributed by atoms with Crippen molar-refractivity contribution in [1.29, 1.82) is 0 Å². The maximum Gasteiger partial charge on any atom is 0.293 e. The number of aryl methyl sites for hydroxylation is 1. The number of para-hydroxylation sites is 2. The fourth-order valence-electron chi connectivity index (χ4n) is 2.69. The number of benzene rings is 1. The fourth-order valence-corrected chi connectivity index (χ4v) is 2.69. The van der Waals surface area contributed by atoms with E-state index >= 15 is 0 Å². The molecular weight excluding hydrogens is 296 g/mol. The summed E-state index contributed by atoms with van der Waals surface area (Å²) in [5.41, 5.74) is 0. The van der Waals surface area contributed by atoms with Gasteiger partial charge in [-0.15, -0.1) is 5.10 Å². The summed E-state index contributed by atoms with van der Waals surface area (Å²) in [7, 11) is 3.36. The van der Waals surface area contributed by atoms with Crippen molar-refractivity contribution in [3.63, 3.8) is 0 Å². The van der Waals surface area contributed by atoms with Crippen LogP contribution in [0.4, 0.5) is 0 Å². The quantitative estimate of drug-likeness (QED) is 0.855. The topological polar surface area (TPSA) is 69.5 Å². The van der Waals surface area contributed by atoms with Crippen LogP contribution < -0.4 is 9.47 Å². The lowest BCUT2D eigenvalue weighted by molar-refractivity contribution is 0.0521. The zero-order valence-corrected chi connectivity index (χ0v) is 13.3. The van der Waals surface area contributed by atoms with Crippen LogP contribution in [0.15, 0.2) is 30.6 Å². The largest absolute Gasteiger partial charge is 0.493 e. The molecule has 1 aromatic carbocycles. The molecule has 122 valence electrons. The van der Waals surface area contributed by atoms with Crippen molar-refractivity contribution >= 4 is 5.91 Å². The molecule has 1 amide bonds. The summed E-state index contributed by atoms with van der Waals surface area (Å²) < 4.78 is 12.9. The Morgan fingerprint density at radius 1 is 1.30 bits per heavy atom. The zero-order chi connectivity index (χ0) is 16.2. The molecule has 3 rings (SSSR count). The van der Waals surface area contributed by atoms with Crippen molar-refractivity contribution in [2.45, 2.75) is 18.9 Å². The van der Waals surface area contributed by atoms with E-state index in [4.69, 9.17) is 9.47 Å². The molecule has 0 saturated carbocycles. The third-order valence-corrected chi connectivity index (χ3v) is 3.82. The Hall–Kier alpha value is -2.57. The van der Waals surface area contributed by atoms with E-state index in [1.165, 1.54) is 11.0 Å². The third kappa shape index (κ3) is 3.44. The van der Waals surface area contributed by atoms with Crippen LogP contribution in [-0.4, -0.2) is 51.9 Å². The predicted molar refractivity (Wildman–Crippen MR) is 83.6 cm³/mol. The summed E-state index contributed by atoms with van der Waals surface area (Å²) in [6.07, 6.45) is 3.25. The smallest absolute Gasteiger partial charge is 0.293 e. The van der Waals surface area contributed by atoms with Gasteiger partial charge in [-0.3, -0.25) is 9.48 Å². The highest BCUT2D eigenvalue weighted by molar-refractivity contribution is 5.90. The van der Waals surface area contributed by atoms with E-state index in [1.54, 1.807) is 19.1 Å². The average molecular weight is 316 g/mol. The van der Waals surface area contributed by atoms with Gasteiger partial charge in [0.15, 0.2) is 11.5 Å². The molecule has 7 heteroatoms. The molecule has 0 aliphatic carbocycles. The molecule has 7 nitrogen and oxygen atoms in total. The van der Waals surface area contributed by atoms with Crippen LogP contribution in [0.5, 0.6) is 11.5 Å². The number of amides is 1. The number of nitrogens with zero attached hydrogens (tertiary/aromatic N) is 4. The minimum Gasteiger partial charge on any atom is -0.493 e. The number of aromatic nitrogens is 3. The number of hydrogen-bond acceptors (Lipinski definition) is 5. The first-order valence-corrected chi connectivity index (χ1v) is 7.62. The molecule has 0 N–H and O–H groups in total. The van der Waals surface area contributed by atoms with Gasteiger partial charge >= 0.3 is 0 Å². The highest BCUT2D eigenvalue weighted by atomic mass is 16.5. The number of ether oxygens (including phenoxy) is 2. The molecule has 1 aromatic heterocycles. The van der Waals surface area contributed by atoms with Gasteiger partial charge in [0.1, 0.15) is 12.4 Å². The van der Waals surface area contributed by atoms with Crippen molar-refractivity contribution < 1.29 is 14.3 Å². The maximum atomic E-state index is 12.4. The van der Waals surface area contributed by atoms with Crippen LogP contribution in [0.3, 0.4) is 0 Å². The fraction of sp³-hybridized carbons (Fsp3) is 0.438. The third-order valence-electron chi connectivity index (χ3n) is 3.82. The minimum absolute atomic E-state index is 0.0623. The van der Waals surface area contributed by atoms with Crippen LogP contribution in [-0.2, 0) is 7.05 Å². The van der Waals surface area contributed by atoms with Crippen molar-refractivity contribution in [3.8, 4) is 11.5 Å². The highest BCUT2D eigenvalue weighted by Crippen LogP contribution is 2.28. The number of carbonyl (C=O) groups is 1. The van der Waals surface area contributed by atoms with E-state index in [-0.39, 0.29) is 17.8 Å². The number of methoxy groups -OCH3 is 1. The van der Waals surface area contributed by atoms with E-state index in [0.29, 0.717) is 24.6 Å². The first-order chi connectivity index (χ1) is 11.2. The standard InChI is InChI=1S/C16H20N4O3/c1-19-11-17-15(18-19)16(21)20-9-5-6-12(10-20)23-14-8-4-3-7-13(14)22-2/h3-4,7-8,11-12H,5-6,9-10H2,1-2H3. The lowest BCUT2D eigenvalue weighted by Gasteiger charge is -2.32. The molecule has 1 unspecified atom stereocenters. The Balaban J connectivity index is 1.67. The van der Waals surface area contributed by atoms with E-state index in [1.807, 2.05) is 24.3 Å². The Bertz CT molecular complexity index is 685. The van der Waals surface area contributed by atoms with Gasteiger partial charge < -0.3 is 14.4 Å². The van der Waals surface area contributed by atoms with Gasteiger partial charge in [0.05, 0.1) is 13.7 Å². The van der Waals surface area contributed by atoms with Crippen molar-refractivity contribution in [3.05, 3.63) is 36.4 Å². The summed E-state index contributed by atoms with van der Waals surface area (Å²) >= 11 is 0. The molecule has 1 atom stereocenters. The lowest BCUT2D eigenvalue weighted by Crippen LogP contribution is -2.44. The Labute approximate surface area is 134 Å². The summed E-state index contributed by atoms with van der Waals surface area (Å²) in [5.74, 6) is 1.47. The number of likely N-dealkylation sites (tertiary alicyclic amines) is 1. The molecule has 1 fully saturated rings. The minimum atomic E-state index is -0.154. The lowest BCUT2D eigenvalue weighted by atomic mass is 10.1. The predicted octanol–water partition coefficient (Wildman–Crippen LogP) is 1.51. The van der Waals surface area contributed by atoms with Gasteiger partial charge in [0.25, 0.3) is 5.91 Å². The first-order valence-electron chi connectivity index (χ1n) is 7.62. The van der Waals surface area contributed by atoms with E-state index in [0.717, 1.165) is 12.8 Å². The number of rotatable bonds is 4. The van der Waals surface area contributed by atoms with Crippen LogP contribution in [0.1, 0.15) is 23.5 Å². The molecule has 1 aliphatic rings. The second-order valence-corrected chi connectivity index (χ2v) is 5.53. The number of piperidine rings is 1. The monoisotopic (exact) mass is 316 g/mol. The molecule has 0 radical (unpaired) electrons. The maximum absolute atomic E-state index is 12.4. The van der Waals surface area contributed by atoms with Gasteiger partial charge in [0.2, 0.25) is 5.82 Å². The van der Waals surface area contributed by atoms with Crippen molar-refractivity contribution in [1.82, 2.24) is 19.7 Å².